The predicted octanol–water partition coefficient (Wildman–Crippen LogP) is 5.17. The van der Waals surface area contributed by atoms with Crippen LogP contribution in [0.15, 0.2) is 115 Å². The molecule has 160 valence electrons. The van der Waals surface area contributed by atoms with Crippen molar-refractivity contribution in [2.75, 3.05) is 4.90 Å². The van der Waals surface area contributed by atoms with Crippen LogP contribution < -0.4 is 4.90 Å². The van der Waals surface area contributed by atoms with Gasteiger partial charge in [0.2, 0.25) is 0 Å². The van der Waals surface area contributed by atoms with E-state index in [0.29, 0.717) is 0 Å². The number of benzene rings is 4. The summed E-state index contributed by atoms with van der Waals surface area (Å²) in [6.07, 6.45) is 0.736. The minimum absolute atomic E-state index is 0.587. The Kier molecular flexibility index (Phi) is 4.73. The Morgan fingerprint density at radius 3 is 1.88 bits per heavy atom. The molecule has 1 aliphatic rings. The van der Waals surface area contributed by atoms with Crippen molar-refractivity contribution < 1.29 is 0 Å². The van der Waals surface area contributed by atoms with E-state index in [-0.39, 0.29) is 0 Å². The third-order valence-electron chi connectivity index (χ3n) is 6.44. The van der Waals surface area contributed by atoms with Gasteiger partial charge in [-0.15, -0.1) is 5.10 Å². The van der Waals surface area contributed by atoms with Crippen LogP contribution in [0.3, 0.4) is 0 Å². The normalized spacial score (nSPS) is 16.8. The third-order valence-corrected chi connectivity index (χ3v) is 6.44. The van der Waals surface area contributed by atoms with Gasteiger partial charge in [-0.2, -0.15) is 4.68 Å². The van der Waals surface area contributed by atoms with E-state index in [9.17, 15) is 0 Å². The average Bonchev–Trinajstić information content (AvgIpc) is 3.39. The molecule has 0 bridgehead atoms. The van der Waals surface area contributed by atoms with Crippen LogP contribution in [-0.4, -0.2) is 20.2 Å². The highest BCUT2D eigenvalue weighted by Gasteiger charge is 2.49. The number of hydrogen-bond donors (Lipinski definition) is 0. The van der Waals surface area contributed by atoms with E-state index in [2.05, 4.69) is 130 Å². The molecule has 1 aliphatic heterocycles. The zero-order valence-electron chi connectivity index (χ0n) is 18.1. The van der Waals surface area contributed by atoms with Crippen molar-refractivity contribution in [1.29, 1.82) is 0 Å². The Labute approximate surface area is 192 Å². The lowest BCUT2D eigenvalue weighted by Gasteiger charge is -2.48. The maximum Gasteiger partial charge on any atom is 0.187 e. The molecule has 5 nitrogen and oxygen atoms in total. The fraction of sp³-hybridized carbons (Fsp3) is 0.107. The lowest BCUT2D eigenvalue weighted by atomic mass is 9.79. The highest BCUT2D eigenvalue weighted by molar-refractivity contribution is 5.70. The van der Waals surface area contributed by atoms with Gasteiger partial charge in [0.05, 0.1) is 11.4 Å². The molecule has 0 N–H and O–H groups in total. The van der Waals surface area contributed by atoms with Gasteiger partial charge in [0.25, 0.3) is 0 Å². The first-order valence-electron chi connectivity index (χ1n) is 11.2. The largest absolute Gasteiger partial charge is 0.348 e. The second-order valence-corrected chi connectivity index (χ2v) is 8.36. The number of aromatic nitrogens is 4. The SMILES string of the molecule is c1ccc(CN2c3ccccc3-n3nnnc3C2(Cc2ccccc2)c2ccccc2)cc1. The zero-order valence-corrected chi connectivity index (χ0v) is 18.1. The predicted molar refractivity (Wildman–Crippen MR) is 129 cm³/mol. The first-order chi connectivity index (χ1) is 16.4. The monoisotopic (exact) mass is 429 g/mol. The number of nitrogens with zero attached hydrogens (tertiary/aromatic N) is 5. The Morgan fingerprint density at radius 2 is 1.18 bits per heavy atom. The Bertz CT molecular complexity index is 1370. The highest BCUT2D eigenvalue weighted by atomic mass is 15.6. The van der Waals surface area contributed by atoms with E-state index in [4.69, 9.17) is 0 Å². The quantitative estimate of drug-likeness (QED) is 0.387. The fourth-order valence-electron chi connectivity index (χ4n) is 4.96. The lowest BCUT2D eigenvalue weighted by molar-refractivity contribution is 0.416. The summed E-state index contributed by atoms with van der Waals surface area (Å²) in [5.41, 5.74) is 5.15. The van der Waals surface area contributed by atoms with Crippen LogP contribution in [0.5, 0.6) is 0 Å². The van der Waals surface area contributed by atoms with Crippen molar-refractivity contribution in [3.05, 3.63) is 138 Å². The van der Waals surface area contributed by atoms with Gasteiger partial charge in [-0.05, 0) is 39.2 Å². The van der Waals surface area contributed by atoms with Crippen molar-refractivity contribution in [3.63, 3.8) is 0 Å². The molecule has 6 rings (SSSR count). The standard InChI is InChI=1S/C28H23N5/c1-4-12-22(13-5-1)20-28(24-16-8-3-9-17-24)27-29-30-31-33(27)26-19-11-10-18-25(26)32(28)21-23-14-6-2-7-15-23/h1-19H,20-21H2. The maximum atomic E-state index is 4.63. The van der Waals surface area contributed by atoms with Crippen molar-refractivity contribution >= 4 is 5.69 Å². The molecule has 0 radical (unpaired) electrons. The van der Waals surface area contributed by atoms with Crippen LogP contribution >= 0.6 is 0 Å². The number of tetrazole rings is 1. The second-order valence-electron chi connectivity index (χ2n) is 8.36. The smallest absolute Gasteiger partial charge is 0.187 e. The van der Waals surface area contributed by atoms with Gasteiger partial charge in [0.15, 0.2) is 5.82 Å². The van der Waals surface area contributed by atoms with Crippen molar-refractivity contribution in [1.82, 2.24) is 20.2 Å². The first kappa shape index (κ1) is 19.4. The van der Waals surface area contributed by atoms with E-state index < -0.39 is 5.54 Å². The second kappa shape index (κ2) is 8.02. The van der Waals surface area contributed by atoms with Gasteiger partial charge in [0, 0.05) is 13.0 Å². The molecule has 0 saturated carbocycles. The van der Waals surface area contributed by atoms with Crippen molar-refractivity contribution in [3.8, 4) is 5.69 Å². The summed E-state index contributed by atoms with van der Waals surface area (Å²) in [6.45, 7) is 0.729. The van der Waals surface area contributed by atoms with E-state index in [1.54, 1.807) is 0 Å². The number of anilines is 1. The molecule has 1 aromatic heterocycles. The minimum atomic E-state index is -0.587. The van der Waals surface area contributed by atoms with Gasteiger partial charge in [-0.1, -0.05) is 103 Å². The fourth-order valence-corrected chi connectivity index (χ4v) is 4.96. The Balaban J connectivity index is 1.65. The zero-order chi connectivity index (χ0) is 22.1. The molecule has 0 fully saturated rings. The molecule has 0 amide bonds. The van der Waals surface area contributed by atoms with Crippen LogP contribution in [0.2, 0.25) is 0 Å². The van der Waals surface area contributed by atoms with Crippen LogP contribution in [-0.2, 0) is 18.5 Å². The van der Waals surface area contributed by atoms with Gasteiger partial charge in [-0.3, -0.25) is 0 Å². The summed E-state index contributed by atoms with van der Waals surface area (Å²) < 4.78 is 1.91. The number of rotatable bonds is 5. The maximum absolute atomic E-state index is 4.63. The molecular weight excluding hydrogens is 406 g/mol. The molecule has 0 spiro atoms. The summed E-state index contributed by atoms with van der Waals surface area (Å²) in [5.74, 6) is 0.826. The Hall–Kier alpha value is -4.25. The molecule has 33 heavy (non-hydrogen) atoms. The summed E-state index contributed by atoms with van der Waals surface area (Å²) in [4.78, 5) is 2.48. The van der Waals surface area contributed by atoms with Crippen LogP contribution in [0, 0.1) is 0 Å². The molecular formula is C28H23N5. The highest BCUT2D eigenvalue weighted by Crippen LogP contribution is 2.47. The summed E-state index contributed by atoms with van der Waals surface area (Å²) in [5, 5.41) is 13.2. The van der Waals surface area contributed by atoms with Gasteiger partial charge in [-0.25, -0.2) is 0 Å². The van der Waals surface area contributed by atoms with Gasteiger partial charge >= 0.3 is 0 Å². The molecule has 4 aromatic carbocycles. The molecule has 0 aliphatic carbocycles. The number of fused-ring (bicyclic) bond motifs is 3. The Morgan fingerprint density at radius 1 is 0.606 bits per heavy atom. The van der Waals surface area contributed by atoms with Crippen molar-refractivity contribution in [2.24, 2.45) is 0 Å². The summed E-state index contributed by atoms with van der Waals surface area (Å²) >= 11 is 0. The van der Waals surface area contributed by atoms with E-state index in [1.807, 2.05) is 10.7 Å². The van der Waals surface area contributed by atoms with Gasteiger partial charge < -0.3 is 4.90 Å². The molecule has 1 unspecified atom stereocenters. The lowest BCUT2D eigenvalue weighted by Crippen LogP contribution is -2.53. The number of para-hydroxylation sites is 2. The minimum Gasteiger partial charge on any atom is -0.348 e. The molecule has 2 heterocycles. The third kappa shape index (κ3) is 3.21. The van der Waals surface area contributed by atoms with Crippen LogP contribution in [0.25, 0.3) is 5.69 Å². The van der Waals surface area contributed by atoms with E-state index in [0.717, 1.165) is 35.7 Å². The van der Waals surface area contributed by atoms with Gasteiger partial charge in [0.1, 0.15) is 5.54 Å². The van der Waals surface area contributed by atoms with E-state index in [1.165, 1.54) is 11.1 Å². The first-order valence-corrected chi connectivity index (χ1v) is 11.2. The molecule has 1 atom stereocenters. The molecule has 5 aromatic rings. The topological polar surface area (TPSA) is 46.8 Å². The average molecular weight is 430 g/mol. The summed E-state index contributed by atoms with van der Waals surface area (Å²) in [7, 11) is 0. The van der Waals surface area contributed by atoms with Crippen molar-refractivity contribution in [2.45, 2.75) is 18.5 Å². The summed E-state index contributed by atoms with van der Waals surface area (Å²) in [6, 6.07) is 40.2. The van der Waals surface area contributed by atoms with E-state index >= 15 is 0 Å². The molecule has 5 heteroatoms. The van der Waals surface area contributed by atoms with Crippen LogP contribution in [0.4, 0.5) is 5.69 Å². The van der Waals surface area contributed by atoms with Crippen LogP contribution in [0.1, 0.15) is 22.5 Å². The number of hydrogen-bond acceptors (Lipinski definition) is 4. The molecule has 0 saturated heterocycles.